The van der Waals surface area contributed by atoms with Crippen molar-refractivity contribution in [2.45, 2.75) is 25.3 Å². The van der Waals surface area contributed by atoms with Crippen molar-refractivity contribution in [1.82, 2.24) is 9.62 Å². The fraction of sp³-hybridized carbons (Fsp3) is 0.261. The van der Waals surface area contributed by atoms with Gasteiger partial charge in [0.1, 0.15) is 5.75 Å². The van der Waals surface area contributed by atoms with Gasteiger partial charge in [0.2, 0.25) is 15.9 Å². The van der Waals surface area contributed by atoms with Gasteiger partial charge in [-0.25, -0.2) is 8.42 Å². The highest BCUT2D eigenvalue weighted by Crippen LogP contribution is 2.24. The van der Waals surface area contributed by atoms with Gasteiger partial charge in [0.05, 0.1) is 18.6 Å². The van der Waals surface area contributed by atoms with Crippen LogP contribution in [0.1, 0.15) is 18.1 Å². The molecule has 3 aromatic carbocycles. The van der Waals surface area contributed by atoms with Crippen LogP contribution in [0, 0.1) is 6.92 Å². The van der Waals surface area contributed by atoms with Crippen molar-refractivity contribution >= 4 is 26.7 Å². The lowest BCUT2D eigenvalue weighted by molar-refractivity contribution is -0.121. The molecule has 1 N–H and O–H groups in total. The lowest BCUT2D eigenvalue weighted by Crippen LogP contribution is -2.40. The van der Waals surface area contributed by atoms with E-state index in [4.69, 9.17) is 4.74 Å². The fourth-order valence-electron chi connectivity index (χ4n) is 3.38. The Kier molecular flexibility index (Phi) is 6.74. The maximum Gasteiger partial charge on any atom is 0.243 e. The molecule has 0 atom stereocenters. The number of nitrogens with zero attached hydrogens (tertiary/aromatic N) is 1. The molecular formula is C23H26N2O4S. The number of hydrogen-bond donors (Lipinski definition) is 1. The topological polar surface area (TPSA) is 75.7 Å². The van der Waals surface area contributed by atoms with E-state index >= 15 is 0 Å². The molecule has 3 aromatic rings. The molecule has 0 saturated carbocycles. The van der Waals surface area contributed by atoms with Crippen LogP contribution >= 0.6 is 0 Å². The zero-order chi connectivity index (χ0) is 21.7. The van der Waals surface area contributed by atoms with Crippen molar-refractivity contribution in [2.24, 2.45) is 0 Å². The molecule has 0 bridgehead atoms. The predicted molar refractivity (Wildman–Crippen MR) is 118 cm³/mol. The van der Waals surface area contributed by atoms with E-state index in [1.165, 1.54) is 17.5 Å². The number of sulfonamides is 1. The molecule has 0 unspecified atom stereocenters. The van der Waals surface area contributed by atoms with Crippen LogP contribution < -0.4 is 10.1 Å². The Morgan fingerprint density at radius 1 is 1.07 bits per heavy atom. The second-order valence-electron chi connectivity index (χ2n) is 6.98. The van der Waals surface area contributed by atoms with Gasteiger partial charge in [-0.05, 0) is 47.0 Å². The second kappa shape index (κ2) is 9.28. The molecule has 6 nitrogen and oxygen atoms in total. The van der Waals surface area contributed by atoms with Gasteiger partial charge in [0, 0.05) is 13.1 Å². The van der Waals surface area contributed by atoms with Crippen molar-refractivity contribution in [3.63, 3.8) is 0 Å². The van der Waals surface area contributed by atoms with Gasteiger partial charge in [0.15, 0.2) is 0 Å². The number of rotatable bonds is 8. The Morgan fingerprint density at radius 2 is 1.80 bits per heavy atom. The number of nitrogens with one attached hydrogen (secondary N) is 1. The largest absolute Gasteiger partial charge is 0.496 e. The minimum atomic E-state index is -3.79. The average molecular weight is 427 g/mol. The van der Waals surface area contributed by atoms with Crippen molar-refractivity contribution in [2.75, 3.05) is 20.2 Å². The molecule has 0 aliphatic carbocycles. The van der Waals surface area contributed by atoms with Crippen LogP contribution in [-0.2, 0) is 21.4 Å². The van der Waals surface area contributed by atoms with E-state index in [1.807, 2.05) is 42.5 Å². The van der Waals surface area contributed by atoms with Crippen LogP contribution in [0.2, 0.25) is 0 Å². The number of ether oxygens (including phenoxy) is 1. The predicted octanol–water partition coefficient (Wildman–Crippen LogP) is 3.48. The third-order valence-corrected chi connectivity index (χ3v) is 6.95. The summed E-state index contributed by atoms with van der Waals surface area (Å²) in [5, 5.41) is 5.00. The van der Waals surface area contributed by atoms with Crippen LogP contribution in [0.4, 0.5) is 0 Å². The van der Waals surface area contributed by atoms with Gasteiger partial charge in [0.25, 0.3) is 0 Å². The summed E-state index contributed by atoms with van der Waals surface area (Å²) in [6, 6.07) is 18.5. The molecule has 0 aromatic heterocycles. The Balaban J connectivity index is 1.71. The first kappa shape index (κ1) is 21.8. The molecule has 30 heavy (non-hydrogen) atoms. The van der Waals surface area contributed by atoms with Gasteiger partial charge in [-0.1, -0.05) is 49.4 Å². The zero-order valence-corrected chi connectivity index (χ0v) is 18.2. The van der Waals surface area contributed by atoms with E-state index < -0.39 is 10.0 Å². The number of carbonyl (C=O) groups excluding carboxylic acids is 1. The number of amides is 1. The third kappa shape index (κ3) is 4.63. The van der Waals surface area contributed by atoms with E-state index in [9.17, 15) is 13.2 Å². The van der Waals surface area contributed by atoms with E-state index in [0.717, 1.165) is 21.9 Å². The van der Waals surface area contributed by atoms with Crippen LogP contribution in [0.25, 0.3) is 10.8 Å². The van der Waals surface area contributed by atoms with E-state index in [2.05, 4.69) is 5.32 Å². The van der Waals surface area contributed by atoms with E-state index in [-0.39, 0.29) is 23.9 Å². The van der Waals surface area contributed by atoms with Crippen molar-refractivity contribution < 1.29 is 17.9 Å². The van der Waals surface area contributed by atoms with Gasteiger partial charge >= 0.3 is 0 Å². The van der Waals surface area contributed by atoms with Gasteiger partial charge < -0.3 is 10.1 Å². The highest BCUT2D eigenvalue weighted by Gasteiger charge is 2.25. The molecule has 0 heterocycles. The standard InChI is InChI=1S/C23H26N2O4S/c1-4-25(30(27,28)20-12-13-22(29-3)17(2)14-20)16-23(26)24-15-19-10-7-9-18-8-5-6-11-21(18)19/h5-14H,4,15-16H2,1-3H3,(H,24,26). The fourth-order valence-corrected chi connectivity index (χ4v) is 4.87. The number of hydrogen-bond acceptors (Lipinski definition) is 4. The Labute approximate surface area is 177 Å². The molecule has 7 heteroatoms. The summed E-state index contributed by atoms with van der Waals surface area (Å²) in [4.78, 5) is 12.7. The minimum absolute atomic E-state index is 0.143. The normalized spacial score (nSPS) is 11.6. The van der Waals surface area contributed by atoms with Crippen LogP contribution in [-0.4, -0.2) is 38.8 Å². The monoisotopic (exact) mass is 426 g/mol. The Morgan fingerprint density at radius 3 is 2.50 bits per heavy atom. The summed E-state index contributed by atoms with van der Waals surface area (Å²) >= 11 is 0. The lowest BCUT2D eigenvalue weighted by Gasteiger charge is -2.21. The van der Waals surface area contributed by atoms with E-state index in [0.29, 0.717) is 12.3 Å². The lowest BCUT2D eigenvalue weighted by atomic mass is 10.0. The quantitative estimate of drug-likeness (QED) is 0.598. The molecule has 0 spiro atoms. The summed E-state index contributed by atoms with van der Waals surface area (Å²) in [5.74, 6) is 0.267. The molecule has 0 saturated heterocycles. The first-order valence-corrected chi connectivity index (χ1v) is 11.2. The molecule has 0 fully saturated rings. The maximum absolute atomic E-state index is 13.0. The molecule has 1 amide bonds. The second-order valence-corrected chi connectivity index (χ2v) is 8.92. The van der Waals surface area contributed by atoms with Crippen molar-refractivity contribution in [3.8, 4) is 5.75 Å². The Bertz CT molecular complexity index is 1150. The molecule has 3 rings (SSSR count). The third-order valence-electron chi connectivity index (χ3n) is 5.03. The summed E-state index contributed by atoms with van der Waals surface area (Å²) in [7, 11) is -2.26. The van der Waals surface area contributed by atoms with Crippen LogP contribution in [0.5, 0.6) is 5.75 Å². The number of aryl methyl sites for hydroxylation is 1. The number of benzene rings is 3. The molecule has 158 valence electrons. The van der Waals surface area contributed by atoms with Crippen molar-refractivity contribution in [3.05, 3.63) is 71.8 Å². The van der Waals surface area contributed by atoms with Gasteiger partial charge in [-0.3, -0.25) is 4.79 Å². The minimum Gasteiger partial charge on any atom is -0.496 e. The summed E-state index contributed by atoms with van der Waals surface area (Å²) in [6.45, 7) is 3.78. The number of fused-ring (bicyclic) bond motifs is 1. The summed E-state index contributed by atoms with van der Waals surface area (Å²) in [5.41, 5.74) is 1.70. The number of carbonyl (C=O) groups is 1. The SMILES string of the molecule is CCN(CC(=O)NCc1cccc2ccccc12)S(=O)(=O)c1ccc(OC)c(C)c1. The smallest absolute Gasteiger partial charge is 0.243 e. The summed E-state index contributed by atoms with van der Waals surface area (Å²) < 4.78 is 32.4. The Hall–Kier alpha value is -2.90. The van der Waals surface area contributed by atoms with Gasteiger partial charge in [-0.2, -0.15) is 4.31 Å². The maximum atomic E-state index is 13.0. The first-order chi connectivity index (χ1) is 14.4. The van der Waals surface area contributed by atoms with E-state index in [1.54, 1.807) is 26.0 Å². The van der Waals surface area contributed by atoms with Gasteiger partial charge in [-0.15, -0.1) is 0 Å². The molecule has 0 aliphatic heterocycles. The highest BCUT2D eigenvalue weighted by molar-refractivity contribution is 7.89. The number of methoxy groups -OCH3 is 1. The van der Waals surface area contributed by atoms with Crippen LogP contribution in [0.15, 0.2) is 65.6 Å². The zero-order valence-electron chi connectivity index (χ0n) is 17.4. The number of likely N-dealkylation sites (N-methyl/N-ethyl adjacent to an activating group) is 1. The molecule has 0 aliphatic rings. The molecular weight excluding hydrogens is 400 g/mol. The summed E-state index contributed by atoms with van der Waals surface area (Å²) in [6.07, 6.45) is 0. The van der Waals surface area contributed by atoms with Crippen LogP contribution in [0.3, 0.4) is 0 Å². The average Bonchev–Trinajstić information content (AvgIpc) is 2.75. The molecule has 0 radical (unpaired) electrons. The van der Waals surface area contributed by atoms with Crippen molar-refractivity contribution in [1.29, 1.82) is 0 Å². The first-order valence-electron chi connectivity index (χ1n) is 9.75. The highest BCUT2D eigenvalue weighted by atomic mass is 32.2.